The molecular weight excluding hydrogens is 382 g/mol. The summed E-state index contributed by atoms with van der Waals surface area (Å²) in [7, 11) is 0. The Morgan fingerprint density at radius 3 is 2.52 bits per heavy atom. The van der Waals surface area contributed by atoms with Gasteiger partial charge < -0.3 is 14.6 Å². The number of imidazole rings is 1. The minimum atomic E-state index is -0.155. The molecule has 0 aliphatic carbocycles. The minimum Gasteiger partial charge on any atom is -0.484 e. The van der Waals surface area contributed by atoms with Crippen molar-refractivity contribution in [2.45, 2.75) is 13.5 Å². The molecule has 5 nitrogen and oxygen atoms in total. The number of nitrogens with one attached hydrogen (secondary N) is 1. The number of benzene rings is 2. The van der Waals surface area contributed by atoms with E-state index in [4.69, 9.17) is 4.74 Å². The van der Waals surface area contributed by atoms with Crippen LogP contribution in [0.3, 0.4) is 0 Å². The van der Waals surface area contributed by atoms with Gasteiger partial charge in [0.25, 0.3) is 5.91 Å². The molecule has 0 bridgehead atoms. The van der Waals surface area contributed by atoms with Gasteiger partial charge in [0.1, 0.15) is 11.6 Å². The summed E-state index contributed by atoms with van der Waals surface area (Å²) < 4.78 is 8.43. The summed E-state index contributed by atoms with van der Waals surface area (Å²) in [5.74, 6) is 1.45. The average Bonchev–Trinajstić information content (AvgIpc) is 3.06. The zero-order chi connectivity index (χ0) is 17.6. The van der Waals surface area contributed by atoms with Crippen LogP contribution in [0, 0.1) is 6.92 Å². The summed E-state index contributed by atoms with van der Waals surface area (Å²) in [6, 6.07) is 15.4. The van der Waals surface area contributed by atoms with Crippen molar-refractivity contribution in [1.29, 1.82) is 0 Å². The molecule has 0 unspecified atom stereocenters. The van der Waals surface area contributed by atoms with Crippen molar-refractivity contribution in [1.82, 2.24) is 14.9 Å². The van der Waals surface area contributed by atoms with E-state index in [2.05, 4.69) is 26.2 Å². The van der Waals surface area contributed by atoms with Crippen molar-refractivity contribution in [2.75, 3.05) is 6.61 Å². The number of aromatic nitrogens is 2. The molecule has 3 aromatic rings. The summed E-state index contributed by atoms with van der Waals surface area (Å²) in [6.45, 7) is 2.42. The van der Waals surface area contributed by atoms with Crippen LogP contribution in [-0.4, -0.2) is 22.1 Å². The first-order valence-electron chi connectivity index (χ1n) is 7.86. The number of hydrogen-bond donors (Lipinski definition) is 1. The normalized spacial score (nSPS) is 10.5. The first-order chi connectivity index (χ1) is 12.1. The van der Waals surface area contributed by atoms with Crippen molar-refractivity contribution < 1.29 is 9.53 Å². The fourth-order valence-corrected chi connectivity index (χ4v) is 2.62. The van der Waals surface area contributed by atoms with Crippen molar-refractivity contribution in [3.63, 3.8) is 0 Å². The predicted molar refractivity (Wildman–Crippen MR) is 99.8 cm³/mol. The number of ether oxygens (including phenoxy) is 1. The second-order valence-corrected chi connectivity index (χ2v) is 6.45. The van der Waals surface area contributed by atoms with Crippen LogP contribution < -0.4 is 10.1 Å². The van der Waals surface area contributed by atoms with Crippen LogP contribution in [0.1, 0.15) is 11.4 Å². The van der Waals surface area contributed by atoms with E-state index in [0.29, 0.717) is 12.3 Å². The van der Waals surface area contributed by atoms with Crippen molar-refractivity contribution in [2.24, 2.45) is 0 Å². The Kier molecular flexibility index (Phi) is 5.50. The van der Waals surface area contributed by atoms with E-state index in [0.717, 1.165) is 21.5 Å². The van der Waals surface area contributed by atoms with Gasteiger partial charge in [-0.3, -0.25) is 4.79 Å². The number of hydrogen-bond acceptors (Lipinski definition) is 3. The van der Waals surface area contributed by atoms with Gasteiger partial charge in [0.05, 0.1) is 0 Å². The van der Waals surface area contributed by atoms with Gasteiger partial charge >= 0.3 is 0 Å². The monoisotopic (exact) mass is 399 g/mol. The lowest BCUT2D eigenvalue weighted by atomic mass is 10.2. The number of amides is 1. The van der Waals surface area contributed by atoms with Crippen LogP contribution in [-0.2, 0) is 11.3 Å². The van der Waals surface area contributed by atoms with Crippen LogP contribution >= 0.6 is 15.9 Å². The third kappa shape index (κ3) is 4.70. The van der Waals surface area contributed by atoms with E-state index in [1.165, 1.54) is 0 Å². The van der Waals surface area contributed by atoms with Crippen molar-refractivity contribution in [3.8, 4) is 11.4 Å². The second-order valence-electron chi connectivity index (χ2n) is 5.53. The fourth-order valence-electron chi connectivity index (χ4n) is 2.36. The molecule has 1 amide bonds. The van der Waals surface area contributed by atoms with Gasteiger partial charge in [-0.25, -0.2) is 4.98 Å². The smallest absolute Gasteiger partial charge is 0.258 e. The molecule has 0 saturated heterocycles. The lowest BCUT2D eigenvalue weighted by molar-refractivity contribution is -0.123. The second kappa shape index (κ2) is 7.98. The topological polar surface area (TPSA) is 56.2 Å². The maximum Gasteiger partial charge on any atom is 0.258 e. The number of halogens is 1. The Hall–Kier alpha value is -2.60. The maximum absolute atomic E-state index is 11.9. The highest BCUT2D eigenvalue weighted by molar-refractivity contribution is 9.10. The SMILES string of the molecule is Cc1nccn1-c1ccc(CNC(=O)COc2ccc(Br)cc2)cc1. The van der Waals surface area contributed by atoms with Gasteiger partial charge in [-0.1, -0.05) is 28.1 Å². The zero-order valence-corrected chi connectivity index (χ0v) is 15.4. The molecule has 3 rings (SSSR count). The lowest BCUT2D eigenvalue weighted by Gasteiger charge is -2.09. The molecule has 2 aromatic carbocycles. The number of carbonyl (C=O) groups excluding carboxylic acids is 1. The highest BCUT2D eigenvalue weighted by Crippen LogP contribution is 2.16. The van der Waals surface area contributed by atoms with Crippen LogP contribution in [0.25, 0.3) is 5.69 Å². The quantitative estimate of drug-likeness (QED) is 0.688. The number of nitrogens with zero attached hydrogens (tertiary/aromatic N) is 2. The standard InChI is InChI=1S/C19H18BrN3O2/c1-14-21-10-11-23(14)17-6-2-15(3-7-17)12-22-19(24)13-25-18-8-4-16(20)5-9-18/h2-11H,12-13H2,1H3,(H,22,24). The molecule has 0 radical (unpaired) electrons. The van der Waals surface area contributed by atoms with Crippen LogP contribution in [0.2, 0.25) is 0 Å². The fraction of sp³-hybridized carbons (Fsp3) is 0.158. The Labute approximate surface area is 154 Å². The van der Waals surface area contributed by atoms with Crippen LogP contribution in [0.15, 0.2) is 65.4 Å². The Bertz CT molecular complexity index is 842. The summed E-state index contributed by atoms with van der Waals surface area (Å²) in [4.78, 5) is 16.1. The summed E-state index contributed by atoms with van der Waals surface area (Å²) in [5, 5.41) is 2.85. The Morgan fingerprint density at radius 2 is 1.88 bits per heavy atom. The van der Waals surface area contributed by atoms with E-state index in [1.807, 2.05) is 66.2 Å². The molecule has 1 N–H and O–H groups in total. The zero-order valence-electron chi connectivity index (χ0n) is 13.8. The molecule has 1 aromatic heterocycles. The molecule has 0 atom stereocenters. The van der Waals surface area contributed by atoms with Crippen molar-refractivity contribution >= 4 is 21.8 Å². The summed E-state index contributed by atoms with van der Waals surface area (Å²) >= 11 is 3.36. The first-order valence-corrected chi connectivity index (χ1v) is 8.65. The van der Waals surface area contributed by atoms with Gasteiger partial charge in [-0.05, 0) is 48.9 Å². The molecule has 6 heteroatoms. The van der Waals surface area contributed by atoms with Gasteiger partial charge in [0, 0.05) is 29.1 Å². The van der Waals surface area contributed by atoms with E-state index >= 15 is 0 Å². The molecular formula is C19H18BrN3O2. The predicted octanol–water partition coefficient (Wildman–Crippen LogP) is 3.64. The minimum absolute atomic E-state index is 0.00600. The first kappa shape index (κ1) is 17.2. The molecule has 1 heterocycles. The van der Waals surface area contributed by atoms with E-state index in [1.54, 1.807) is 6.20 Å². The van der Waals surface area contributed by atoms with E-state index in [9.17, 15) is 4.79 Å². The molecule has 0 aliphatic rings. The van der Waals surface area contributed by atoms with Crippen molar-refractivity contribution in [3.05, 3.63) is 76.8 Å². The molecule has 25 heavy (non-hydrogen) atoms. The maximum atomic E-state index is 11.9. The Morgan fingerprint density at radius 1 is 1.16 bits per heavy atom. The highest BCUT2D eigenvalue weighted by Gasteiger charge is 2.04. The van der Waals surface area contributed by atoms with E-state index < -0.39 is 0 Å². The third-order valence-corrected chi connectivity index (χ3v) is 4.24. The van der Waals surface area contributed by atoms with Crippen LogP contribution in [0.4, 0.5) is 0 Å². The number of rotatable bonds is 6. The summed E-state index contributed by atoms with van der Waals surface area (Å²) in [6.07, 6.45) is 3.69. The van der Waals surface area contributed by atoms with Gasteiger partial charge in [-0.2, -0.15) is 0 Å². The average molecular weight is 400 g/mol. The molecule has 0 spiro atoms. The highest BCUT2D eigenvalue weighted by atomic mass is 79.9. The summed E-state index contributed by atoms with van der Waals surface area (Å²) in [5.41, 5.74) is 2.07. The Balaban J connectivity index is 1.48. The number of aryl methyl sites for hydroxylation is 1. The molecule has 0 aliphatic heterocycles. The largest absolute Gasteiger partial charge is 0.484 e. The van der Waals surface area contributed by atoms with E-state index in [-0.39, 0.29) is 12.5 Å². The lowest BCUT2D eigenvalue weighted by Crippen LogP contribution is -2.28. The molecule has 128 valence electrons. The van der Waals surface area contributed by atoms with Gasteiger partial charge in [-0.15, -0.1) is 0 Å². The third-order valence-electron chi connectivity index (χ3n) is 3.71. The molecule has 0 saturated carbocycles. The van der Waals surface area contributed by atoms with Crippen LogP contribution in [0.5, 0.6) is 5.75 Å². The van der Waals surface area contributed by atoms with Gasteiger partial charge in [0.2, 0.25) is 0 Å². The van der Waals surface area contributed by atoms with Gasteiger partial charge in [0.15, 0.2) is 6.61 Å². The molecule has 0 fully saturated rings. The number of carbonyl (C=O) groups is 1.